The number of furan rings is 1. The summed E-state index contributed by atoms with van der Waals surface area (Å²) in [7, 11) is 1.28. The van der Waals surface area contributed by atoms with Gasteiger partial charge in [-0.3, -0.25) is 4.79 Å². The molecule has 0 unspecified atom stereocenters. The lowest BCUT2D eigenvalue weighted by molar-refractivity contribution is -0.143. The second-order valence-electron chi connectivity index (χ2n) is 2.74. The van der Waals surface area contributed by atoms with Crippen LogP contribution in [-0.4, -0.2) is 18.2 Å². The van der Waals surface area contributed by atoms with Crippen LogP contribution in [0, 0.1) is 6.92 Å². The maximum Gasteiger partial charge on any atom is 0.308 e. The van der Waals surface area contributed by atoms with Gasteiger partial charge in [-0.25, -0.2) is 0 Å². The number of aliphatic hydroxyl groups excluding tert-OH is 1. The highest BCUT2D eigenvalue weighted by Crippen LogP contribution is 2.19. The second kappa shape index (κ2) is 4.09. The molecule has 0 fully saturated rings. The van der Waals surface area contributed by atoms with Gasteiger partial charge < -0.3 is 14.3 Å². The maximum absolute atomic E-state index is 10.8. The van der Waals surface area contributed by atoms with Crippen molar-refractivity contribution in [3.05, 3.63) is 23.7 Å². The quantitative estimate of drug-likeness (QED) is 0.716. The maximum atomic E-state index is 10.8. The molecular formula is C9H12O4. The van der Waals surface area contributed by atoms with Gasteiger partial charge in [-0.2, -0.15) is 0 Å². The van der Waals surface area contributed by atoms with Crippen LogP contribution >= 0.6 is 0 Å². The minimum absolute atomic E-state index is 0.0799. The molecule has 1 atom stereocenters. The molecule has 0 aliphatic carbocycles. The molecule has 72 valence electrons. The van der Waals surface area contributed by atoms with Gasteiger partial charge in [0.15, 0.2) is 0 Å². The van der Waals surface area contributed by atoms with Crippen LogP contribution in [0.15, 0.2) is 16.5 Å². The number of aliphatic hydroxyl groups is 1. The molecule has 4 heteroatoms. The van der Waals surface area contributed by atoms with E-state index in [1.54, 1.807) is 19.1 Å². The summed E-state index contributed by atoms with van der Waals surface area (Å²) in [5.41, 5.74) is 0. The fraction of sp³-hybridized carbons (Fsp3) is 0.444. The van der Waals surface area contributed by atoms with E-state index in [4.69, 9.17) is 4.42 Å². The molecule has 0 aliphatic rings. The third-order valence-electron chi connectivity index (χ3n) is 1.68. The van der Waals surface area contributed by atoms with Crippen LogP contribution in [0.3, 0.4) is 0 Å². The molecule has 0 amide bonds. The minimum atomic E-state index is -0.916. The highest BCUT2D eigenvalue weighted by atomic mass is 16.5. The standard InChI is InChI=1S/C9H12O4/c1-6-3-4-8(13-6)7(10)5-9(11)12-2/h3-4,7,10H,5H2,1-2H3/t7-/m0/s1. The molecule has 4 nitrogen and oxygen atoms in total. The van der Waals surface area contributed by atoms with Crippen molar-refractivity contribution in [3.8, 4) is 0 Å². The molecule has 1 N–H and O–H groups in total. The number of carbonyl (C=O) groups excluding carboxylic acids is 1. The lowest BCUT2D eigenvalue weighted by Gasteiger charge is -2.04. The summed E-state index contributed by atoms with van der Waals surface area (Å²) in [6, 6.07) is 3.37. The predicted octanol–water partition coefficient (Wildman–Crippen LogP) is 1.18. The van der Waals surface area contributed by atoms with E-state index in [0.29, 0.717) is 11.5 Å². The Bertz CT molecular complexity index is 290. The van der Waals surface area contributed by atoms with Gasteiger partial charge >= 0.3 is 5.97 Å². The Morgan fingerprint density at radius 2 is 2.38 bits per heavy atom. The molecular weight excluding hydrogens is 172 g/mol. The SMILES string of the molecule is COC(=O)C[C@H](O)c1ccc(C)o1. The molecule has 0 radical (unpaired) electrons. The largest absolute Gasteiger partial charge is 0.469 e. The molecule has 0 bridgehead atoms. The van der Waals surface area contributed by atoms with Crippen molar-refractivity contribution >= 4 is 5.97 Å². The first-order chi connectivity index (χ1) is 6.13. The van der Waals surface area contributed by atoms with E-state index in [-0.39, 0.29) is 6.42 Å². The zero-order chi connectivity index (χ0) is 9.84. The summed E-state index contributed by atoms with van der Waals surface area (Å²) in [6.45, 7) is 1.77. The molecule has 1 rings (SSSR count). The topological polar surface area (TPSA) is 59.7 Å². The number of hydrogen-bond donors (Lipinski definition) is 1. The summed E-state index contributed by atoms with van der Waals surface area (Å²) < 4.78 is 9.54. The summed E-state index contributed by atoms with van der Waals surface area (Å²) in [6.07, 6.45) is -0.996. The fourth-order valence-corrected chi connectivity index (χ4v) is 0.974. The number of carbonyl (C=O) groups is 1. The lowest BCUT2D eigenvalue weighted by atomic mass is 10.2. The summed E-state index contributed by atoms with van der Waals surface area (Å²) in [5, 5.41) is 9.44. The first kappa shape index (κ1) is 9.80. The first-order valence-electron chi connectivity index (χ1n) is 3.94. The van der Waals surface area contributed by atoms with Crippen molar-refractivity contribution in [2.75, 3.05) is 7.11 Å². The Morgan fingerprint density at radius 1 is 1.69 bits per heavy atom. The number of methoxy groups -OCH3 is 1. The van der Waals surface area contributed by atoms with Gasteiger partial charge in [-0.05, 0) is 19.1 Å². The van der Waals surface area contributed by atoms with Gasteiger partial charge in [0.1, 0.15) is 17.6 Å². The molecule has 1 aromatic rings. The Kier molecular flexibility index (Phi) is 3.08. The van der Waals surface area contributed by atoms with Crippen molar-refractivity contribution < 1.29 is 19.1 Å². The van der Waals surface area contributed by atoms with Crippen molar-refractivity contribution in [1.29, 1.82) is 0 Å². The number of hydrogen-bond acceptors (Lipinski definition) is 4. The van der Waals surface area contributed by atoms with E-state index < -0.39 is 12.1 Å². The van der Waals surface area contributed by atoms with Crippen LogP contribution < -0.4 is 0 Å². The molecule has 0 aromatic carbocycles. The molecule has 0 saturated carbocycles. The van der Waals surface area contributed by atoms with Gasteiger partial charge in [-0.15, -0.1) is 0 Å². The average Bonchev–Trinajstić information content (AvgIpc) is 2.51. The predicted molar refractivity (Wildman–Crippen MR) is 45.0 cm³/mol. The third kappa shape index (κ3) is 2.59. The van der Waals surface area contributed by atoms with Crippen molar-refractivity contribution in [1.82, 2.24) is 0 Å². The molecule has 1 aromatic heterocycles. The smallest absolute Gasteiger partial charge is 0.308 e. The second-order valence-corrected chi connectivity index (χ2v) is 2.74. The zero-order valence-corrected chi connectivity index (χ0v) is 7.61. The van der Waals surface area contributed by atoms with Crippen molar-refractivity contribution in [2.24, 2.45) is 0 Å². The van der Waals surface area contributed by atoms with E-state index in [0.717, 1.165) is 0 Å². The highest BCUT2D eigenvalue weighted by molar-refractivity contribution is 5.69. The Balaban J connectivity index is 2.58. The Hall–Kier alpha value is -1.29. The first-order valence-corrected chi connectivity index (χ1v) is 3.94. The Labute approximate surface area is 76.1 Å². The van der Waals surface area contributed by atoms with Gasteiger partial charge in [0.25, 0.3) is 0 Å². The summed E-state index contributed by atoms with van der Waals surface area (Å²) in [4.78, 5) is 10.8. The molecule has 0 aliphatic heterocycles. The van der Waals surface area contributed by atoms with Gasteiger partial charge in [0.05, 0.1) is 13.5 Å². The summed E-state index contributed by atoms with van der Waals surface area (Å²) in [5.74, 6) is 0.642. The number of esters is 1. The van der Waals surface area contributed by atoms with E-state index >= 15 is 0 Å². The number of ether oxygens (including phenoxy) is 1. The van der Waals surface area contributed by atoms with Crippen molar-refractivity contribution in [2.45, 2.75) is 19.4 Å². The molecule has 13 heavy (non-hydrogen) atoms. The monoisotopic (exact) mass is 184 g/mol. The van der Waals surface area contributed by atoms with Crippen molar-refractivity contribution in [3.63, 3.8) is 0 Å². The van der Waals surface area contributed by atoms with E-state index in [9.17, 15) is 9.90 Å². The molecule has 0 spiro atoms. The third-order valence-corrected chi connectivity index (χ3v) is 1.68. The molecule has 1 heterocycles. The normalized spacial score (nSPS) is 12.5. The number of rotatable bonds is 3. The van der Waals surface area contributed by atoms with Crippen LogP contribution in [0.1, 0.15) is 24.0 Å². The molecule has 0 saturated heterocycles. The van der Waals surface area contributed by atoms with Gasteiger partial charge in [0, 0.05) is 0 Å². The average molecular weight is 184 g/mol. The zero-order valence-electron chi connectivity index (χ0n) is 7.61. The van der Waals surface area contributed by atoms with E-state index in [1.807, 2.05) is 0 Å². The van der Waals surface area contributed by atoms with Crippen LogP contribution in [0.4, 0.5) is 0 Å². The van der Waals surface area contributed by atoms with Crippen LogP contribution in [-0.2, 0) is 9.53 Å². The lowest BCUT2D eigenvalue weighted by Crippen LogP contribution is -2.07. The Morgan fingerprint density at radius 3 is 2.85 bits per heavy atom. The van der Waals surface area contributed by atoms with Gasteiger partial charge in [0.2, 0.25) is 0 Å². The van der Waals surface area contributed by atoms with E-state index in [1.165, 1.54) is 7.11 Å². The highest BCUT2D eigenvalue weighted by Gasteiger charge is 2.15. The van der Waals surface area contributed by atoms with E-state index in [2.05, 4.69) is 4.74 Å². The van der Waals surface area contributed by atoms with Crippen LogP contribution in [0.5, 0.6) is 0 Å². The van der Waals surface area contributed by atoms with Gasteiger partial charge in [-0.1, -0.05) is 0 Å². The minimum Gasteiger partial charge on any atom is -0.469 e. The van der Waals surface area contributed by atoms with Crippen LogP contribution in [0.2, 0.25) is 0 Å². The fourth-order valence-electron chi connectivity index (χ4n) is 0.974. The number of aryl methyl sites for hydroxylation is 1. The van der Waals surface area contributed by atoms with Crippen LogP contribution in [0.25, 0.3) is 0 Å². The summed E-state index contributed by atoms with van der Waals surface area (Å²) >= 11 is 0.